The topological polar surface area (TPSA) is 35.8 Å². The van der Waals surface area contributed by atoms with Crippen LogP contribution >= 0.6 is 15.9 Å². The fourth-order valence-electron chi connectivity index (χ4n) is 1.78. The van der Waals surface area contributed by atoms with Crippen molar-refractivity contribution >= 4 is 15.9 Å². The Morgan fingerprint density at radius 1 is 1.33 bits per heavy atom. The number of hydrogen-bond acceptors (Lipinski definition) is 2. The second-order valence-corrected chi connectivity index (χ2v) is 6.39. The number of nitrogens with zero attached hydrogens (tertiary/aromatic N) is 1. The smallest absolute Gasteiger partial charge is 0.0621 e. The van der Waals surface area contributed by atoms with Crippen molar-refractivity contribution in [3.63, 3.8) is 0 Å². The highest BCUT2D eigenvalue weighted by atomic mass is 79.9. The SMILES string of the molecule is CC(NCC(C)(C)CCC#N)c1ccc(Br)cc1. The van der Waals surface area contributed by atoms with E-state index in [2.05, 4.69) is 72.4 Å². The molecule has 1 N–H and O–H groups in total. The Labute approximate surface area is 119 Å². The van der Waals surface area contributed by atoms with E-state index >= 15 is 0 Å². The minimum atomic E-state index is 0.166. The molecule has 0 aliphatic rings. The Kier molecular flexibility index (Phi) is 5.84. The monoisotopic (exact) mass is 308 g/mol. The van der Waals surface area contributed by atoms with Crippen molar-refractivity contribution in [2.75, 3.05) is 6.54 Å². The van der Waals surface area contributed by atoms with E-state index in [1.807, 2.05) is 0 Å². The first-order valence-electron chi connectivity index (χ1n) is 6.30. The van der Waals surface area contributed by atoms with Crippen LogP contribution in [-0.4, -0.2) is 6.54 Å². The third-order valence-corrected chi connectivity index (χ3v) is 3.70. The van der Waals surface area contributed by atoms with Crippen LogP contribution in [-0.2, 0) is 0 Å². The Hall–Kier alpha value is -0.850. The van der Waals surface area contributed by atoms with E-state index in [0.29, 0.717) is 12.5 Å². The molecule has 0 aliphatic heterocycles. The van der Waals surface area contributed by atoms with E-state index in [1.165, 1.54) is 5.56 Å². The summed E-state index contributed by atoms with van der Waals surface area (Å²) in [6, 6.07) is 10.9. The molecule has 98 valence electrons. The highest BCUT2D eigenvalue weighted by Crippen LogP contribution is 2.23. The Balaban J connectivity index is 2.48. The van der Waals surface area contributed by atoms with Crippen molar-refractivity contribution in [2.24, 2.45) is 5.41 Å². The van der Waals surface area contributed by atoms with Gasteiger partial charge in [-0.3, -0.25) is 0 Å². The zero-order chi connectivity index (χ0) is 13.6. The molecule has 18 heavy (non-hydrogen) atoms. The Morgan fingerprint density at radius 2 is 1.94 bits per heavy atom. The molecule has 0 radical (unpaired) electrons. The number of nitrogens with one attached hydrogen (secondary N) is 1. The lowest BCUT2D eigenvalue weighted by molar-refractivity contribution is 0.305. The standard InChI is InChI=1S/C15H21BrN2/c1-12(13-5-7-14(16)8-6-13)18-11-15(2,3)9-4-10-17/h5-8,12,18H,4,9,11H2,1-3H3. The van der Waals surface area contributed by atoms with Crippen LogP contribution in [0.1, 0.15) is 45.2 Å². The van der Waals surface area contributed by atoms with Crippen molar-refractivity contribution in [3.8, 4) is 6.07 Å². The summed E-state index contributed by atoms with van der Waals surface area (Å²) in [7, 11) is 0. The number of nitriles is 1. The molecule has 1 aromatic rings. The van der Waals surface area contributed by atoms with Gasteiger partial charge in [0.05, 0.1) is 6.07 Å². The van der Waals surface area contributed by atoms with Crippen molar-refractivity contribution in [1.29, 1.82) is 5.26 Å². The van der Waals surface area contributed by atoms with Crippen LogP contribution in [0, 0.1) is 16.7 Å². The number of benzene rings is 1. The quantitative estimate of drug-likeness (QED) is 0.844. The van der Waals surface area contributed by atoms with Gasteiger partial charge in [0.1, 0.15) is 0 Å². The van der Waals surface area contributed by atoms with Crippen LogP contribution in [0.5, 0.6) is 0 Å². The minimum absolute atomic E-state index is 0.166. The highest BCUT2D eigenvalue weighted by molar-refractivity contribution is 9.10. The average Bonchev–Trinajstić information content (AvgIpc) is 2.35. The zero-order valence-corrected chi connectivity index (χ0v) is 12.9. The molecular weight excluding hydrogens is 288 g/mol. The lowest BCUT2D eigenvalue weighted by Crippen LogP contribution is -2.31. The molecule has 0 amide bonds. The van der Waals surface area contributed by atoms with Gasteiger partial charge in [0.2, 0.25) is 0 Å². The summed E-state index contributed by atoms with van der Waals surface area (Å²) < 4.78 is 1.10. The van der Waals surface area contributed by atoms with Gasteiger partial charge in [-0.25, -0.2) is 0 Å². The molecule has 0 bridgehead atoms. The second kappa shape index (κ2) is 6.92. The second-order valence-electron chi connectivity index (χ2n) is 5.48. The maximum Gasteiger partial charge on any atom is 0.0621 e. The van der Waals surface area contributed by atoms with Crippen LogP contribution in [0.15, 0.2) is 28.7 Å². The third-order valence-electron chi connectivity index (χ3n) is 3.17. The largest absolute Gasteiger partial charge is 0.310 e. The van der Waals surface area contributed by atoms with E-state index in [1.54, 1.807) is 0 Å². The van der Waals surface area contributed by atoms with Gasteiger partial charge in [-0.1, -0.05) is 41.9 Å². The first kappa shape index (κ1) is 15.2. The number of hydrogen-bond donors (Lipinski definition) is 1. The molecule has 1 aromatic carbocycles. The first-order valence-corrected chi connectivity index (χ1v) is 7.10. The Bertz CT molecular complexity index is 403. The van der Waals surface area contributed by atoms with Gasteiger partial charge in [0, 0.05) is 23.5 Å². The molecule has 1 rings (SSSR count). The molecule has 0 aromatic heterocycles. The third kappa shape index (κ3) is 5.20. The summed E-state index contributed by atoms with van der Waals surface area (Å²) in [5.74, 6) is 0. The van der Waals surface area contributed by atoms with Gasteiger partial charge < -0.3 is 5.32 Å². The normalized spacial score (nSPS) is 13.1. The van der Waals surface area contributed by atoms with Crippen LogP contribution in [0.2, 0.25) is 0 Å². The molecule has 0 saturated heterocycles. The summed E-state index contributed by atoms with van der Waals surface area (Å²) in [5, 5.41) is 12.2. The van der Waals surface area contributed by atoms with Gasteiger partial charge in [0.15, 0.2) is 0 Å². The summed E-state index contributed by atoms with van der Waals surface area (Å²) in [6.07, 6.45) is 1.56. The van der Waals surface area contributed by atoms with E-state index in [-0.39, 0.29) is 5.41 Å². The number of halogens is 1. The molecule has 0 spiro atoms. The maximum atomic E-state index is 8.64. The molecule has 1 atom stereocenters. The van der Waals surface area contributed by atoms with Crippen LogP contribution in [0.25, 0.3) is 0 Å². The molecule has 0 fully saturated rings. The summed E-state index contributed by atoms with van der Waals surface area (Å²) in [5.41, 5.74) is 1.45. The summed E-state index contributed by atoms with van der Waals surface area (Å²) in [4.78, 5) is 0. The molecule has 1 unspecified atom stereocenters. The summed E-state index contributed by atoms with van der Waals surface area (Å²) in [6.45, 7) is 7.49. The Morgan fingerprint density at radius 3 is 2.50 bits per heavy atom. The lowest BCUT2D eigenvalue weighted by Gasteiger charge is -2.26. The fraction of sp³-hybridized carbons (Fsp3) is 0.533. The molecule has 0 heterocycles. The average molecular weight is 309 g/mol. The van der Waals surface area contributed by atoms with Gasteiger partial charge in [-0.15, -0.1) is 0 Å². The van der Waals surface area contributed by atoms with Crippen molar-refractivity contribution in [2.45, 2.75) is 39.7 Å². The van der Waals surface area contributed by atoms with Crippen molar-refractivity contribution in [3.05, 3.63) is 34.3 Å². The molecule has 3 heteroatoms. The maximum absolute atomic E-state index is 8.64. The summed E-state index contributed by atoms with van der Waals surface area (Å²) >= 11 is 3.44. The highest BCUT2D eigenvalue weighted by Gasteiger charge is 2.18. The molecular formula is C15H21BrN2. The predicted octanol–water partition coefficient (Wildman–Crippen LogP) is 4.43. The van der Waals surface area contributed by atoms with Gasteiger partial charge >= 0.3 is 0 Å². The van der Waals surface area contributed by atoms with Crippen LogP contribution < -0.4 is 5.32 Å². The number of rotatable bonds is 6. The van der Waals surface area contributed by atoms with Gasteiger partial charge in [0.25, 0.3) is 0 Å². The van der Waals surface area contributed by atoms with E-state index in [9.17, 15) is 0 Å². The zero-order valence-electron chi connectivity index (χ0n) is 11.3. The molecule has 2 nitrogen and oxygen atoms in total. The van der Waals surface area contributed by atoms with Crippen LogP contribution in [0.3, 0.4) is 0 Å². The van der Waals surface area contributed by atoms with E-state index in [4.69, 9.17) is 5.26 Å². The molecule has 0 saturated carbocycles. The predicted molar refractivity (Wildman–Crippen MR) is 79.2 cm³/mol. The van der Waals surface area contributed by atoms with Gasteiger partial charge in [-0.05, 0) is 36.5 Å². The lowest BCUT2D eigenvalue weighted by atomic mass is 9.87. The van der Waals surface area contributed by atoms with Crippen LogP contribution in [0.4, 0.5) is 0 Å². The first-order chi connectivity index (χ1) is 8.44. The molecule has 0 aliphatic carbocycles. The van der Waals surface area contributed by atoms with E-state index < -0.39 is 0 Å². The van der Waals surface area contributed by atoms with Gasteiger partial charge in [-0.2, -0.15) is 5.26 Å². The fourth-order valence-corrected chi connectivity index (χ4v) is 2.05. The van der Waals surface area contributed by atoms with Crippen molar-refractivity contribution < 1.29 is 0 Å². The van der Waals surface area contributed by atoms with E-state index in [0.717, 1.165) is 17.4 Å². The minimum Gasteiger partial charge on any atom is -0.310 e. The van der Waals surface area contributed by atoms with Crippen molar-refractivity contribution in [1.82, 2.24) is 5.32 Å².